The Labute approximate surface area is 147 Å². The molecule has 1 amide bonds. The number of carboxylic acid groups (broad SMARTS) is 1. The smallest absolute Gasteiger partial charge is 0.308 e. The van der Waals surface area contributed by atoms with Crippen LogP contribution in [0.15, 0.2) is 49.6 Å². The van der Waals surface area contributed by atoms with Crippen molar-refractivity contribution < 1.29 is 14.7 Å². The third-order valence-electron chi connectivity index (χ3n) is 4.50. The maximum atomic E-state index is 12.7. The van der Waals surface area contributed by atoms with Crippen LogP contribution >= 0.6 is 11.6 Å². The van der Waals surface area contributed by atoms with E-state index in [4.69, 9.17) is 11.6 Å². The van der Waals surface area contributed by atoms with Crippen molar-refractivity contribution >= 4 is 23.5 Å². The molecule has 0 aliphatic carbocycles. The zero-order valence-corrected chi connectivity index (χ0v) is 14.3. The Morgan fingerprint density at radius 2 is 1.79 bits per heavy atom. The molecule has 5 heteroatoms. The summed E-state index contributed by atoms with van der Waals surface area (Å²) in [4.78, 5) is 26.0. The minimum atomic E-state index is -0.880. The van der Waals surface area contributed by atoms with Gasteiger partial charge in [0.15, 0.2) is 0 Å². The average Bonchev–Trinajstić information content (AvgIpc) is 3.00. The molecular formula is C19H22ClNO3. The van der Waals surface area contributed by atoms with Gasteiger partial charge in [0, 0.05) is 29.9 Å². The number of rotatable bonds is 7. The Kier molecular flexibility index (Phi) is 6.21. The molecule has 1 aromatic rings. The molecular weight excluding hydrogens is 326 g/mol. The highest BCUT2D eigenvalue weighted by Crippen LogP contribution is 2.34. The third-order valence-corrected chi connectivity index (χ3v) is 4.75. The van der Waals surface area contributed by atoms with E-state index in [9.17, 15) is 14.7 Å². The van der Waals surface area contributed by atoms with E-state index in [1.165, 1.54) is 0 Å². The van der Waals surface area contributed by atoms with Crippen molar-refractivity contribution in [3.05, 3.63) is 60.2 Å². The van der Waals surface area contributed by atoms with Gasteiger partial charge in [-0.3, -0.25) is 9.59 Å². The first-order chi connectivity index (χ1) is 11.5. The summed E-state index contributed by atoms with van der Waals surface area (Å²) in [6, 6.07) is 7.17. The predicted octanol–water partition coefficient (Wildman–Crippen LogP) is 3.74. The summed E-state index contributed by atoms with van der Waals surface area (Å²) >= 11 is 5.91. The van der Waals surface area contributed by atoms with Crippen LogP contribution in [-0.4, -0.2) is 35.0 Å². The number of hydrogen-bond donors (Lipinski definition) is 1. The number of nitrogens with zero attached hydrogens (tertiary/aromatic N) is 1. The molecule has 0 unspecified atom stereocenters. The molecule has 4 nitrogen and oxygen atoms in total. The lowest BCUT2D eigenvalue weighted by Gasteiger charge is -2.22. The molecule has 1 saturated heterocycles. The van der Waals surface area contributed by atoms with Crippen molar-refractivity contribution in [1.29, 1.82) is 0 Å². The first-order valence-electron chi connectivity index (χ1n) is 7.96. The van der Waals surface area contributed by atoms with Crippen LogP contribution in [0.25, 0.3) is 0 Å². The van der Waals surface area contributed by atoms with E-state index in [2.05, 4.69) is 13.2 Å². The lowest BCUT2D eigenvalue weighted by Crippen LogP contribution is -2.35. The summed E-state index contributed by atoms with van der Waals surface area (Å²) in [7, 11) is 0. The number of carbonyl (C=O) groups excluding carboxylic acids is 1. The first kappa shape index (κ1) is 18.3. The third kappa shape index (κ3) is 4.06. The number of benzene rings is 1. The Morgan fingerprint density at radius 3 is 2.29 bits per heavy atom. The monoisotopic (exact) mass is 347 g/mol. The van der Waals surface area contributed by atoms with Crippen molar-refractivity contribution in [2.45, 2.75) is 18.8 Å². The van der Waals surface area contributed by atoms with Crippen molar-refractivity contribution in [2.24, 2.45) is 11.8 Å². The molecule has 0 saturated carbocycles. The van der Waals surface area contributed by atoms with Crippen molar-refractivity contribution in [1.82, 2.24) is 4.90 Å². The molecule has 1 N–H and O–H groups in total. The van der Waals surface area contributed by atoms with Crippen LogP contribution in [0.5, 0.6) is 0 Å². The van der Waals surface area contributed by atoms with Gasteiger partial charge in [0.2, 0.25) is 5.91 Å². The molecule has 128 valence electrons. The maximum absolute atomic E-state index is 12.7. The van der Waals surface area contributed by atoms with E-state index in [0.717, 1.165) is 5.56 Å². The SMILES string of the molecule is C=CCC(CC=C)C(=O)N1C[C@@H](C(=O)O)[C@H](c2ccc(Cl)cc2)C1. The second-order valence-corrected chi connectivity index (χ2v) is 6.53. The van der Waals surface area contributed by atoms with E-state index in [0.29, 0.717) is 24.4 Å². The number of amides is 1. The number of aliphatic carboxylic acids is 1. The van der Waals surface area contributed by atoms with E-state index in [1.807, 2.05) is 12.1 Å². The van der Waals surface area contributed by atoms with Gasteiger partial charge in [-0.2, -0.15) is 0 Å². The fourth-order valence-corrected chi connectivity index (χ4v) is 3.37. The van der Waals surface area contributed by atoms with Gasteiger partial charge in [-0.05, 0) is 30.5 Å². The van der Waals surface area contributed by atoms with Crippen LogP contribution in [0.2, 0.25) is 5.02 Å². The number of carboxylic acids is 1. The van der Waals surface area contributed by atoms with Gasteiger partial charge < -0.3 is 10.0 Å². The summed E-state index contributed by atoms with van der Waals surface area (Å²) in [5.41, 5.74) is 0.895. The lowest BCUT2D eigenvalue weighted by molar-refractivity contribution is -0.142. The van der Waals surface area contributed by atoms with Crippen LogP contribution in [0.4, 0.5) is 0 Å². The summed E-state index contributed by atoms with van der Waals surface area (Å²) in [6.45, 7) is 8.02. The zero-order valence-electron chi connectivity index (χ0n) is 13.5. The Bertz CT molecular complexity index is 616. The molecule has 2 rings (SSSR count). The molecule has 1 aliphatic heterocycles. The first-order valence-corrected chi connectivity index (χ1v) is 8.34. The highest BCUT2D eigenvalue weighted by molar-refractivity contribution is 6.30. The standard InChI is InChI=1S/C19H22ClNO3/c1-3-5-14(6-4-2)18(22)21-11-16(17(12-21)19(23)24)13-7-9-15(20)10-8-13/h3-4,7-10,14,16-17H,1-2,5-6,11-12H2,(H,23,24)/t16-,17+/m0/s1. The summed E-state index contributed by atoms with van der Waals surface area (Å²) in [6.07, 6.45) is 4.55. The minimum Gasteiger partial charge on any atom is -0.481 e. The van der Waals surface area contributed by atoms with E-state index in [1.54, 1.807) is 29.2 Å². The Balaban J connectivity index is 2.21. The number of likely N-dealkylation sites (tertiary alicyclic amines) is 1. The molecule has 0 bridgehead atoms. The average molecular weight is 348 g/mol. The molecule has 1 fully saturated rings. The Hall–Kier alpha value is -2.07. The van der Waals surface area contributed by atoms with Crippen LogP contribution in [-0.2, 0) is 9.59 Å². The molecule has 1 heterocycles. The van der Waals surface area contributed by atoms with Gasteiger partial charge in [0.05, 0.1) is 5.92 Å². The van der Waals surface area contributed by atoms with Gasteiger partial charge in [-0.25, -0.2) is 0 Å². The largest absolute Gasteiger partial charge is 0.481 e. The normalized spacial score (nSPS) is 20.2. The van der Waals surface area contributed by atoms with Crippen LogP contribution in [0.3, 0.4) is 0 Å². The van der Waals surface area contributed by atoms with Gasteiger partial charge in [0.1, 0.15) is 0 Å². The quantitative estimate of drug-likeness (QED) is 0.764. The molecule has 2 atom stereocenters. The van der Waals surface area contributed by atoms with Crippen LogP contribution in [0.1, 0.15) is 24.3 Å². The second-order valence-electron chi connectivity index (χ2n) is 6.09. The van der Waals surface area contributed by atoms with E-state index in [-0.39, 0.29) is 24.3 Å². The fraction of sp³-hybridized carbons (Fsp3) is 0.368. The summed E-state index contributed by atoms with van der Waals surface area (Å²) < 4.78 is 0. The lowest BCUT2D eigenvalue weighted by atomic mass is 9.89. The topological polar surface area (TPSA) is 57.6 Å². The van der Waals surface area contributed by atoms with Crippen LogP contribution < -0.4 is 0 Å². The fourth-order valence-electron chi connectivity index (χ4n) is 3.24. The molecule has 0 aromatic heterocycles. The van der Waals surface area contributed by atoms with Crippen molar-refractivity contribution in [3.63, 3.8) is 0 Å². The summed E-state index contributed by atoms with van der Waals surface area (Å²) in [5, 5.41) is 10.2. The minimum absolute atomic E-state index is 0.0301. The summed E-state index contributed by atoms with van der Waals surface area (Å²) in [5.74, 6) is -1.97. The van der Waals surface area contributed by atoms with Crippen molar-refractivity contribution in [3.8, 4) is 0 Å². The molecule has 0 spiro atoms. The number of hydrogen-bond acceptors (Lipinski definition) is 2. The second kappa shape index (κ2) is 8.15. The van der Waals surface area contributed by atoms with E-state index < -0.39 is 11.9 Å². The molecule has 1 aliphatic rings. The van der Waals surface area contributed by atoms with Gasteiger partial charge in [-0.1, -0.05) is 35.9 Å². The Morgan fingerprint density at radius 1 is 1.21 bits per heavy atom. The number of carbonyl (C=O) groups is 2. The number of halogens is 1. The van der Waals surface area contributed by atoms with Gasteiger partial charge in [-0.15, -0.1) is 13.2 Å². The molecule has 24 heavy (non-hydrogen) atoms. The molecule has 1 aromatic carbocycles. The van der Waals surface area contributed by atoms with Crippen LogP contribution in [0, 0.1) is 11.8 Å². The highest BCUT2D eigenvalue weighted by Gasteiger charge is 2.41. The van der Waals surface area contributed by atoms with Gasteiger partial charge in [0.25, 0.3) is 0 Å². The number of allylic oxidation sites excluding steroid dienone is 2. The van der Waals surface area contributed by atoms with E-state index >= 15 is 0 Å². The maximum Gasteiger partial charge on any atom is 0.308 e. The molecule has 0 radical (unpaired) electrons. The highest BCUT2D eigenvalue weighted by atomic mass is 35.5. The van der Waals surface area contributed by atoms with Gasteiger partial charge >= 0.3 is 5.97 Å². The zero-order chi connectivity index (χ0) is 17.7. The predicted molar refractivity (Wildman–Crippen MR) is 95.0 cm³/mol. The van der Waals surface area contributed by atoms with Crippen molar-refractivity contribution in [2.75, 3.05) is 13.1 Å².